The topological polar surface area (TPSA) is 80.4 Å². The first-order valence-electron chi connectivity index (χ1n) is 12.0. The first-order chi connectivity index (χ1) is 17.0. The Balaban J connectivity index is 1.22. The van der Waals surface area contributed by atoms with E-state index >= 15 is 0 Å². The van der Waals surface area contributed by atoms with Gasteiger partial charge in [-0.2, -0.15) is 0 Å². The molecule has 1 aliphatic rings. The van der Waals surface area contributed by atoms with E-state index in [4.69, 9.17) is 9.47 Å². The number of ether oxygens (including phenoxy) is 2. The predicted octanol–water partition coefficient (Wildman–Crippen LogP) is 5.95. The fourth-order valence-electron chi connectivity index (χ4n) is 4.82. The molecule has 1 aliphatic carbocycles. The van der Waals surface area contributed by atoms with Crippen LogP contribution in [0.25, 0.3) is 22.0 Å². The van der Waals surface area contributed by atoms with Crippen molar-refractivity contribution in [2.75, 3.05) is 6.61 Å². The summed E-state index contributed by atoms with van der Waals surface area (Å²) in [5, 5.41) is 3.92. The van der Waals surface area contributed by atoms with Gasteiger partial charge in [0.05, 0.1) is 0 Å². The van der Waals surface area contributed by atoms with Gasteiger partial charge in [0, 0.05) is 35.5 Å². The molecule has 1 amide bonds. The minimum atomic E-state index is -0.434. The summed E-state index contributed by atoms with van der Waals surface area (Å²) in [6.45, 7) is 3.99. The maximum Gasteiger partial charge on any atom is 0.407 e. The zero-order valence-corrected chi connectivity index (χ0v) is 19.8. The van der Waals surface area contributed by atoms with Crippen LogP contribution in [0.5, 0.6) is 5.75 Å². The SMILES string of the molecule is CCC(=O)Oc1ccc2[nH]cc(CC(C)NC(=O)OCC3c4ccccc4-c4ccccc43)c2c1. The minimum Gasteiger partial charge on any atom is -0.449 e. The number of H-pyrrole nitrogens is 1. The van der Waals surface area contributed by atoms with Crippen molar-refractivity contribution in [3.63, 3.8) is 0 Å². The van der Waals surface area contributed by atoms with Crippen LogP contribution < -0.4 is 10.1 Å². The average molecular weight is 469 g/mol. The molecule has 3 aromatic carbocycles. The zero-order valence-electron chi connectivity index (χ0n) is 19.8. The Hall–Kier alpha value is -4.06. The molecular weight excluding hydrogens is 440 g/mol. The third-order valence-corrected chi connectivity index (χ3v) is 6.49. The fraction of sp³-hybridized carbons (Fsp3) is 0.241. The molecular formula is C29H28N2O4. The number of benzene rings is 3. The number of aromatic amines is 1. The highest BCUT2D eigenvalue weighted by atomic mass is 16.5. The van der Waals surface area contributed by atoms with Crippen molar-refractivity contribution in [1.82, 2.24) is 10.3 Å². The molecule has 0 bridgehead atoms. The van der Waals surface area contributed by atoms with Crippen molar-refractivity contribution in [3.05, 3.63) is 89.6 Å². The summed E-state index contributed by atoms with van der Waals surface area (Å²) in [5.41, 5.74) is 6.76. The Morgan fingerprint density at radius 1 is 1.00 bits per heavy atom. The molecule has 6 nitrogen and oxygen atoms in total. The second-order valence-electron chi connectivity index (χ2n) is 8.92. The number of esters is 1. The highest BCUT2D eigenvalue weighted by Gasteiger charge is 2.29. The quantitative estimate of drug-likeness (QED) is 0.259. The summed E-state index contributed by atoms with van der Waals surface area (Å²) in [6.07, 6.45) is 2.41. The lowest BCUT2D eigenvalue weighted by molar-refractivity contribution is -0.134. The van der Waals surface area contributed by atoms with E-state index in [0.717, 1.165) is 16.5 Å². The molecule has 0 aliphatic heterocycles. The molecule has 5 rings (SSSR count). The lowest BCUT2D eigenvalue weighted by Crippen LogP contribution is -2.35. The van der Waals surface area contributed by atoms with Crippen LogP contribution in [0.2, 0.25) is 0 Å². The molecule has 1 heterocycles. The van der Waals surface area contributed by atoms with Crippen molar-refractivity contribution in [1.29, 1.82) is 0 Å². The molecule has 1 unspecified atom stereocenters. The van der Waals surface area contributed by atoms with Crippen LogP contribution in [-0.2, 0) is 16.0 Å². The standard InChI is InChI=1S/C29H28N2O4/c1-3-28(32)35-20-12-13-27-25(15-20)19(16-30-27)14-18(2)31-29(33)34-17-26-23-10-6-4-8-21(23)22-9-5-7-11-24(22)26/h4-13,15-16,18,26,30H,3,14,17H2,1-2H3,(H,31,33). The molecule has 0 spiro atoms. The third kappa shape index (κ3) is 4.64. The van der Waals surface area contributed by atoms with Crippen molar-refractivity contribution in [3.8, 4) is 16.9 Å². The molecule has 0 saturated carbocycles. The number of carbonyl (C=O) groups is 2. The van der Waals surface area contributed by atoms with Gasteiger partial charge < -0.3 is 19.8 Å². The molecule has 1 atom stereocenters. The van der Waals surface area contributed by atoms with Gasteiger partial charge in [-0.15, -0.1) is 0 Å². The van der Waals surface area contributed by atoms with E-state index in [1.165, 1.54) is 22.3 Å². The number of amides is 1. The van der Waals surface area contributed by atoms with Gasteiger partial charge in [0.1, 0.15) is 12.4 Å². The first-order valence-corrected chi connectivity index (χ1v) is 12.0. The van der Waals surface area contributed by atoms with Crippen molar-refractivity contribution >= 4 is 23.0 Å². The normalized spacial score (nSPS) is 13.2. The Bertz CT molecular complexity index is 1340. The number of hydrogen-bond acceptors (Lipinski definition) is 4. The van der Waals surface area contributed by atoms with Crippen molar-refractivity contribution in [2.24, 2.45) is 0 Å². The zero-order chi connectivity index (χ0) is 24.4. The van der Waals surface area contributed by atoms with E-state index in [1.807, 2.05) is 49.5 Å². The van der Waals surface area contributed by atoms with Crippen molar-refractivity contribution in [2.45, 2.75) is 38.6 Å². The Labute approximate surface area is 204 Å². The maximum absolute atomic E-state index is 12.6. The molecule has 35 heavy (non-hydrogen) atoms. The average Bonchev–Trinajstić information content (AvgIpc) is 3.41. The Morgan fingerprint density at radius 2 is 1.69 bits per heavy atom. The number of carbonyl (C=O) groups excluding carboxylic acids is 2. The van der Waals surface area contributed by atoms with Gasteiger partial charge in [0.2, 0.25) is 0 Å². The molecule has 178 valence electrons. The summed E-state index contributed by atoms with van der Waals surface area (Å²) in [4.78, 5) is 27.5. The second-order valence-corrected chi connectivity index (χ2v) is 8.92. The maximum atomic E-state index is 12.6. The van der Waals surface area contributed by atoms with Crippen LogP contribution in [0.15, 0.2) is 72.9 Å². The van der Waals surface area contributed by atoms with Crippen LogP contribution in [0.1, 0.15) is 42.9 Å². The number of hydrogen-bond donors (Lipinski definition) is 2. The van der Waals surface area contributed by atoms with E-state index < -0.39 is 6.09 Å². The molecule has 0 radical (unpaired) electrons. The monoisotopic (exact) mass is 468 g/mol. The Morgan fingerprint density at radius 3 is 2.37 bits per heavy atom. The summed E-state index contributed by atoms with van der Waals surface area (Å²) in [7, 11) is 0. The van der Waals surface area contributed by atoms with Crippen LogP contribution >= 0.6 is 0 Å². The minimum absolute atomic E-state index is 0.0290. The summed E-state index contributed by atoms with van der Waals surface area (Å²) < 4.78 is 11.0. The number of nitrogens with one attached hydrogen (secondary N) is 2. The fourth-order valence-corrected chi connectivity index (χ4v) is 4.82. The number of alkyl carbamates (subject to hydrolysis) is 1. The van der Waals surface area contributed by atoms with Gasteiger partial charge in [0.15, 0.2) is 0 Å². The lowest BCUT2D eigenvalue weighted by atomic mass is 9.98. The molecule has 0 saturated heterocycles. The van der Waals surface area contributed by atoms with Gasteiger partial charge in [-0.05, 0) is 59.4 Å². The summed E-state index contributed by atoms with van der Waals surface area (Å²) >= 11 is 0. The lowest BCUT2D eigenvalue weighted by Gasteiger charge is -2.17. The van der Waals surface area contributed by atoms with Gasteiger partial charge >= 0.3 is 12.1 Å². The van der Waals surface area contributed by atoms with Gasteiger partial charge in [-0.1, -0.05) is 55.5 Å². The largest absolute Gasteiger partial charge is 0.449 e. The molecule has 1 aromatic heterocycles. The molecule has 4 aromatic rings. The van der Waals surface area contributed by atoms with E-state index in [2.05, 4.69) is 34.6 Å². The van der Waals surface area contributed by atoms with E-state index in [0.29, 0.717) is 18.6 Å². The van der Waals surface area contributed by atoms with Crippen molar-refractivity contribution < 1.29 is 19.1 Å². The highest BCUT2D eigenvalue weighted by Crippen LogP contribution is 2.44. The second kappa shape index (κ2) is 9.66. The van der Waals surface area contributed by atoms with E-state index in [9.17, 15) is 9.59 Å². The molecule has 6 heteroatoms. The van der Waals surface area contributed by atoms with Crippen LogP contribution in [-0.4, -0.2) is 29.7 Å². The van der Waals surface area contributed by atoms with Gasteiger partial charge in [-0.25, -0.2) is 4.79 Å². The van der Waals surface area contributed by atoms with Gasteiger partial charge in [0.25, 0.3) is 0 Å². The summed E-state index contributed by atoms with van der Waals surface area (Å²) in [6, 6.07) is 21.9. The third-order valence-electron chi connectivity index (χ3n) is 6.49. The van der Waals surface area contributed by atoms with E-state index in [1.54, 1.807) is 13.0 Å². The predicted molar refractivity (Wildman–Crippen MR) is 136 cm³/mol. The number of rotatable bonds is 7. The van der Waals surface area contributed by atoms with Crippen LogP contribution in [0.3, 0.4) is 0 Å². The Kier molecular flexibility index (Phi) is 6.27. The molecule has 0 fully saturated rings. The summed E-state index contributed by atoms with van der Waals surface area (Å²) in [5.74, 6) is 0.274. The van der Waals surface area contributed by atoms with Gasteiger partial charge in [-0.3, -0.25) is 4.79 Å². The molecule has 2 N–H and O–H groups in total. The number of fused-ring (bicyclic) bond motifs is 4. The first kappa shape index (κ1) is 22.7. The smallest absolute Gasteiger partial charge is 0.407 e. The van der Waals surface area contributed by atoms with Crippen LogP contribution in [0, 0.1) is 0 Å². The van der Waals surface area contributed by atoms with Crippen LogP contribution in [0.4, 0.5) is 4.79 Å². The van der Waals surface area contributed by atoms with E-state index in [-0.39, 0.29) is 24.5 Å². The number of aromatic nitrogens is 1. The highest BCUT2D eigenvalue weighted by molar-refractivity contribution is 5.86.